The number of anilines is 1. The van der Waals surface area contributed by atoms with E-state index in [0.717, 1.165) is 12.8 Å². The summed E-state index contributed by atoms with van der Waals surface area (Å²) in [6, 6.07) is 15.3. The summed E-state index contributed by atoms with van der Waals surface area (Å²) in [4.78, 5) is 34.6. The van der Waals surface area contributed by atoms with Crippen LogP contribution in [0.1, 0.15) is 35.7 Å². The fourth-order valence-corrected chi connectivity index (χ4v) is 2.37. The van der Waals surface area contributed by atoms with E-state index in [1.165, 1.54) is 12.5 Å². The minimum Gasteiger partial charge on any atom is -0.480 e. The van der Waals surface area contributed by atoms with Crippen LogP contribution in [-0.4, -0.2) is 28.9 Å². The lowest BCUT2D eigenvalue weighted by molar-refractivity contribution is -0.138. The highest BCUT2D eigenvalue weighted by molar-refractivity contribution is 5.97. The zero-order chi connectivity index (χ0) is 18.9. The molecule has 6 heteroatoms. The first kappa shape index (κ1) is 19.2. The Morgan fingerprint density at radius 1 is 1.00 bits per heavy atom. The van der Waals surface area contributed by atoms with Gasteiger partial charge in [-0.15, -0.1) is 0 Å². The molecule has 0 radical (unpaired) electrons. The number of benzene rings is 2. The summed E-state index contributed by atoms with van der Waals surface area (Å²) < 4.78 is 0. The molecule has 0 aromatic heterocycles. The van der Waals surface area contributed by atoms with Gasteiger partial charge in [0.05, 0.1) is 0 Å². The number of carbonyl (C=O) groups excluding carboxylic acids is 2. The van der Waals surface area contributed by atoms with Crippen LogP contribution in [0.5, 0.6) is 0 Å². The molecule has 1 atom stereocenters. The lowest BCUT2D eigenvalue weighted by Crippen LogP contribution is -2.38. The van der Waals surface area contributed by atoms with Gasteiger partial charge in [-0.1, -0.05) is 30.3 Å². The van der Waals surface area contributed by atoms with Gasteiger partial charge in [-0.2, -0.15) is 0 Å². The van der Waals surface area contributed by atoms with E-state index in [0.29, 0.717) is 17.7 Å². The van der Waals surface area contributed by atoms with E-state index in [1.807, 2.05) is 30.3 Å². The first-order valence-corrected chi connectivity index (χ1v) is 8.43. The maximum absolute atomic E-state index is 12.0. The molecule has 136 valence electrons. The molecule has 0 bridgehead atoms. The van der Waals surface area contributed by atoms with Gasteiger partial charge in [0.25, 0.3) is 5.91 Å². The van der Waals surface area contributed by atoms with Crippen LogP contribution >= 0.6 is 0 Å². The largest absolute Gasteiger partial charge is 0.480 e. The van der Waals surface area contributed by atoms with Crippen molar-refractivity contribution in [1.29, 1.82) is 0 Å². The zero-order valence-corrected chi connectivity index (χ0v) is 14.6. The molecule has 0 aliphatic carbocycles. The van der Waals surface area contributed by atoms with E-state index in [1.54, 1.807) is 24.3 Å². The minimum atomic E-state index is -1.10. The van der Waals surface area contributed by atoms with Gasteiger partial charge in [-0.25, -0.2) is 0 Å². The monoisotopic (exact) mass is 354 g/mol. The van der Waals surface area contributed by atoms with Crippen molar-refractivity contribution in [2.45, 2.75) is 32.2 Å². The minimum absolute atomic E-state index is 0.0855. The Kier molecular flexibility index (Phi) is 6.91. The standard InChI is InChI=1S/C20H22N2O4/c1-14(20(25)26)21-19(24)16-10-12-17(13-11-16)22-18(23)9-5-8-15-6-3-2-4-7-15/h2-4,6-7,10-14H,5,8-9H2,1H3,(H,21,24)(H,22,23)(H,25,26). The van der Waals surface area contributed by atoms with Crippen molar-refractivity contribution in [1.82, 2.24) is 5.32 Å². The number of amides is 2. The summed E-state index contributed by atoms with van der Waals surface area (Å²) in [6.45, 7) is 1.39. The number of nitrogens with one attached hydrogen (secondary N) is 2. The summed E-state index contributed by atoms with van der Waals surface area (Å²) in [5, 5.41) is 14.0. The van der Waals surface area contributed by atoms with Gasteiger partial charge in [0.15, 0.2) is 0 Å². The number of aliphatic carboxylic acids is 1. The highest BCUT2D eigenvalue weighted by Crippen LogP contribution is 2.11. The molecule has 2 aromatic carbocycles. The molecule has 0 saturated carbocycles. The highest BCUT2D eigenvalue weighted by Gasteiger charge is 2.15. The molecule has 2 aromatic rings. The molecule has 0 fully saturated rings. The van der Waals surface area contributed by atoms with Crippen LogP contribution in [0.3, 0.4) is 0 Å². The van der Waals surface area contributed by atoms with Crippen molar-refractivity contribution in [3.63, 3.8) is 0 Å². The van der Waals surface area contributed by atoms with Gasteiger partial charge in [0.1, 0.15) is 6.04 Å². The molecule has 0 aliphatic heterocycles. The molecule has 2 rings (SSSR count). The van der Waals surface area contributed by atoms with Gasteiger partial charge in [-0.05, 0) is 49.6 Å². The van der Waals surface area contributed by atoms with Crippen molar-refractivity contribution < 1.29 is 19.5 Å². The SMILES string of the molecule is CC(NC(=O)c1ccc(NC(=O)CCCc2ccccc2)cc1)C(=O)O. The molecule has 26 heavy (non-hydrogen) atoms. The van der Waals surface area contributed by atoms with E-state index < -0.39 is 17.9 Å². The summed E-state index contributed by atoms with van der Waals surface area (Å²) in [6.07, 6.45) is 2.01. The van der Waals surface area contributed by atoms with Gasteiger partial charge < -0.3 is 15.7 Å². The average molecular weight is 354 g/mol. The summed E-state index contributed by atoms with van der Waals surface area (Å²) in [5.74, 6) is -1.66. The first-order valence-electron chi connectivity index (χ1n) is 8.43. The topological polar surface area (TPSA) is 95.5 Å². The molecule has 0 spiro atoms. The van der Waals surface area contributed by atoms with Crippen LogP contribution < -0.4 is 10.6 Å². The Morgan fingerprint density at radius 2 is 1.65 bits per heavy atom. The van der Waals surface area contributed by atoms with E-state index in [9.17, 15) is 14.4 Å². The van der Waals surface area contributed by atoms with Crippen LogP contribution in [0.4, 0.5) is 5.69 Å². The fraction of sp³-hybridized carbons (Fsp3) is 0.250. The Hall–Kier alpha value is -3.15. The molecule has 0 saturated heterocycles. The van der Waals surface area contributed by atoms with E-state index in [4.69, 9.17) is 5.11 Å². The number of hydrogen-bond donors (Lipinski definition) is 3. The number of carboxylic acids is 1. The lowest BCUT2D eigenvalue weighted by Gasteiger charge is -2.10. The van der Waals surface area contributed by atoms with Crippen molar-refractivity contribution in [2.24, 2.45) is 0 Å². The van der Waals surface area contributed by atoms with Crippen molar-refractivity contribution in [3.05, 3.63) is 65.7 Å². The highest BCUT2D eigenvalue weighted by atomic mass is 16.4. The third-order valence-corrected chi connectivity index (χ3v) is 3.86. The van der Waals surface area contributed by atoms with Crippen molar-refractivity contribution in [3.8, 4) is 0 Å². The number of rotatable bonds is 8. The van der Waals surface area contributed by atoms with Crippen molar-refractivity contribution >= 4 is 23.5 Å². The number of aryl methyl sites for hydroxylation is 1. The predicted molar refractivity (Wildman–Crippen MR) is 99.0 cm³/mol. The van der Waals surface area contributed by atoms with Gasteiger partial charge >= 0.3 is 5.97 Å². The maximum Gasteiger partial charge on any atom is 0.325 e. The number of carbonyl (C=O) groups is 3. The van der Waals surface area contributed by atoms with E-state index in [-0.39, 0.29) is 5.91 Å². The number of carboxylic acid groups (broad SMARTS) is 1. The number of hydrogen-bond acceptors (Lipinski definition) is 3. The zero-order valence-electron chi connectivity index (χ0n) is 14.6. The molecule has 0 aliphatic rings. The van der Waals surface area contributed by atoms with Gasteiger partial charge in [-0.3, -0.25) is 14.4 Å². The van der Waals surface area contributed by atoms with Crippen LogP contribution in [-0.2, 0) is 16.0 Å². The van der Waals surface area contributed by atoms with E-state index in [2.05, 4.69) is 10.6 Å². The fourth-order valence-electron chi connectivity index (χ4n) is 2.37. The second-order valence-corrected chi connectivity index (χ2v) is 6.00. The van der Waals surface area contributed by atoms with Crippen molar-refractivity contribution in [2.75, 3.05) is 5.32 Å². The molecular formula is C20H22N2O4. The normalized spacial score (nSPS) is 11.4. The first-order chi connectivity index (χ1) is 12.5. The molecule has 3 N–H and O–H groups in total. The second kappa shape index (κ2) is 9.36. The smallest absolute Gasteiger partial charge is 0.325 e. The Bertz CT molecular complexity index is 757. The third kappa shape index (κ3) is 6.05. The van der Waals surface area contributed by atoms with Gasteiger partial charge in [0.2, 0.25) is 5.91 Å². The molecular weight excluding hydrogens is 332 g/mol. The third-order valence-electron chi connectivity index (χ3n) is 3.86. The molecule has 1 unspecified atom stereocenters. The average Bonchev–Trinajstić information content (AvgIpc) is 2.63. The molecule has 6 nitrogen and oxygen atoms in total. The Morgan fingerprint density at radius 3 is 2.27 bits per heavy atom. The summed E-state index contributed by atoms with van der Waals surface area (Å²) in [5.41, 5.74) is 2.13. The summed E-state index contributed by atoms with van der Waals surface area (Å²) in [7, 11) is 0. The van der Waals surface area contributed by atoms with Crippen LogP contribution in [0, 0.1) is 0 Å². The predicted octanol–water partition coefficient (Wildman–Crippen LogP) is 2.85. The molecule has 0 heterocycles. The van der Waals surface area contributed by atoms with E-state index >= 15 is 0 Å². The maximum atomic E-state index is 12.0. The summed E-state index contributed by atoms with van der Waals surface area (Å²) >= 11 is 0. The van der Waals surface area contributed by atoms with Crippen LogP contribution in [0.2, 0.25) is 0 Å². The molecule has 2 amide bonds. The van der Waals surface area contributed by atoms with Crippen LogP contribution in [0.15, 0.2) is 54.6 Å². The second-order valence-electron chi connectivity index (χ2n) is 6.00. The van der Waals surface area contributed by atoms with Gasteiger partial charge in [0, 0.05) is 17.7 Å². The van der Waals surface area contributed by atoms with Crippen LogP contribution in [0.25, 0.3) is 0 Å². The lowest BCUT2D eigenvalue weighted by atomic mass is 10.1. The Balaban J connectivity index is 1.79. The Labute approximate surface area is 152 Å². The quantitative estimate of drug-likeness (QED) is 0.679.